The summed E-state index contributed by atoms with van der Waals surface area (Å²) >= 11 is 0. The maximum atomic E-state index is 11.9. The van der Waals surface area contributed by atoms with Gasteiger partial charge in [-0.15, -0.1) is 0 Å². The molecule has 0 saturated heterocycles. The van der Waals surface area contributed by atoms with Crippen LogP contribution in [0.4, 0.5) is 10.6 Å². The molecule has 7 heteroatoms. The van der Waals surface area contributed by atoms with Crippen molar-refractivity contribution >= 4 is 11.8 Å². The van der Waals surface area contributed by atoms with Crippen molar-refractivity contribution in [2.24, 2.45) is 0 Å². The molecule has 1 amide bonds. The molecule has 0 spiro atoms. The summed E-state index contributed by atoms with van der Waals surface area (Å²) in [4.78, 5) is 28.1. The molecule has 0 aliphatic rings. The largest absolute Gasteiger partial charge is 0.332 e. The Morgan fingerprint density at radius 3 is 2.65 bits per heavy atom. The van der Waals surface area contributed by atoms with Crippen LogP contribution >= 0.6 is 0 Å². The summed E-state index contributed by atoms with van der Waals surface area (Å²) in [5.41, 5.74) is 0.832. The SMILES string of the molecule is O=C(Nc1ccnc(-c2ccncc2)n1)n1ccnc1. The first-order valence-corrected chi connectivity index (χ1v) is 5.86. The molecule has 0 unspecified atom stereocenters. The highest BCUT2D eigenvalue weighted by atomic mass is 16.2. The molecule has 0 saturated carbocycles. The summed E-state index contributed by atoms with van der Waals surface area (Å²) < 4.78 is 1.33. The highest BCUT2D eigenvalue weighted by Gasteiger charge is 2.07. The minimum Gasteiger partial charge on any atom is -0.291 e. The number of hydrogen-bond acceptors (Lipinski definition) is 5. The van der Waals surface area contributed by atoms with Gasteiger partial charge >= 0.3 is 6.03 Å². The fourth-order valence-corrected chi connectivity index (χ4v) is 1.62. The first kappa shape index (κ1) is 12.0. The maximum absolute atomic E-state index is 11.9. The Morgan fingerprint density at radius 2 is 1.90 bits per heavy atom. The fourth-order valence-electron chi connectivity index (χ4n) is 1.62. The van der Waals surface area contributed by atoms with Gasteiger partial charge < -0.3 is 0 Å². The first-order chi connectivity index (χ1) is 9.83. The topological polar surface area (TPSA) is 85.6 Å². The zero-order valence-electron chi connectivity index (χ0n) is 10.3. The first-order valence-electron chi connectivity index (χ1n) is 5.86. The van der Waals surface area contributed by atoms with Crippen LogP contribution in [0.2, 0.25) is 0 Å². The van der Waals surface area contributed by atoms with E-state index >= 15 is 0 Å². The van der Waals surface area contributed by atoms with E-state index < -0.39 is 0 Å². The van der Waals surface area contributed by atoms with Gasteiger partial charge in [-0.1, -0.05) is 0 Å². The zero-order chi connectivity index (χ0) is 13.8. The number of amides is 1. The predicted molar refractivity (Wildman–Crippen MR) is 71.9 cm³/mol. The Bertz CT molecular complexity index is 711. The lowest BCUT2D eigenvalue weighted by molar-refractivity contribution is 0.253. The smallest absolute Gasteiger partial charge is 0.291 e. The number of aromatic nitrogens is 5. The standard InChI is InChI=1S/C13H10N6O/c20-13(19-8-7-15-9-19)18-11-3-6-16-12(17-11)10-1-4-14-5-2-10/h1-9H,(H,16,17,18,20). The van der Waals surface area contributed by atoms with Gasteiger partial charge in [-0.2, -0.15) is 0 Å². The summed E-state index contributed by atoms with van der Waals surface area (Å²) in [7, 11) is 0. The number of hydrogen-bond donors (Lipinski definition) is 1. The van der Waals surface area contributed by atoms with Crippen molar-refractivity contribution in [3.63, 3.8) is 0 Å². The van der Waals surface area contributed by atoms with Crippen LogP contribution < -0.4 is 5.32 Å². The molecule has 7 nitrogen and oxygen atoms in total. The molecule has 0 aromatic carbocycles. The Hall–Kier alpha value is -3.09. The third-order valence-corrected chi connectivity index (χ3v) is 2.57. The van der Waals surface area contributed by atoms with Gasteiger partial charge in [-0.25, -0.2) is 19.7 Å². The molecule has 98 valence electrons. The van der Waals surface area contributed by atoms with Crippen molar-refractivity contribution in [3.8, 4) is 11.4 Å². The summed E-state index contributed by atoms with van der Waals surface area (Å²) in [5.74, 6) is 0.946. The van der Waals surface area contributed by atoms with E-state index in [1.54, 1.807) is 43.0 Å². The van der Waals surface area contributed by atoms with Gasteiger partial charge in [0.25, 0.3) is 0 Å². The third kappa shape index (κ3) is 2.51. The van der Waals surface area contributed by atoms with Crippen molar-refractivity contribution < 1.29 is 4.79 Å². The second-order valence-electron chi connectivity index (χ2n) is 3.90. The third-order valence-electron chi connectivity index (χ3n) is 2.57. The Kier molecular flexibility index (Phi) is 3.15. The van der Waals surface area contributed by atoms with Crippen LogP contribution in [0.15, 0.2) is 55.5 Å². The molecule has 3 aromatic rings. The minimum absolute atomic E-state index is 0.332. The van der Waals surface area contributed by atoms with E-state index in [2.05, 4.69) is 25.3 Å². The molecular weight excluding hydrogens is 256 g/mol. The number of carbonyl (C=O) groups excluding carboxylic acids is 1. The molecule has 0 fully saturated rings. The normalized spacial score (nSPS) is 10.2. The molecule has 1 N–H and O–H groups in total. The lowest BCUT2D eigenvalue weighted by atomic mass is 10.2. The lowest BCUT2D eigenvalue weighted by Gasteiger charge is -2.05. The molecular formula is C13H10N6O. The molecule has 0 bridgehead atoms. The maximum Gasteiger partial charge on any atom is 0.332 e. The van der Waals surface area contributed by atoms with E-state index in [9.17, 15) is 4.79 Å². The van der Waals surface area contributed by atoms with E-state index in [1.165, 1.54) is 17.1 Å². The van der Waals surface area contributed by atoms with E-state index in [0.717, 1.165) is 5.56 Å². The fraction of sp³-hybridized carbons (Fsp3) is 0. The van der Waals surface area contributed by atoms with Crippen LogP contribution in [0.25, 0.3) is 11.4 Å². The molecule has 0 radical (unpaired) electrons. The molecule has 20 heavy (non-hydrogen) atoms. The Balaban J connectivity index is 1.83. The number of imidazole rings is 1. The van der Waals surface area contributed by atoms with Gasteiger partial charge in [0, 0.05) is 36.5 Å². The molecule has 3 heterocycles. The lowest BCUT2D eigenvalue weighted by Crippen LogP contribution is -2.18. The van der Waals surface area contributed by atoms with Gasteiger partial charge in [0.1, 0.15) is 12.1 Å². The highest BCUT2D eigenvalue weighted by Crippen LogP contribution is 2.14. The van der Waals surface area contributed by atoms with Crippen LogP contribution in [0.3, 0.4) is 0 Å². The van der Waals surface area contributed by atoms with Crippen molar-refractivity contribution in [2.75, 3.05) is 5.32 Å². The summed E-state index contributed by atoms with van der Waals surface area (Å²) in [5, 5.41) is 2.67. The van der Waals surface area contributed by atoms with E-state index in [4.69, 9.17) is 0 Å². The van der Waals surface area contributed by atoms with Gasteiger partial charge in [0.15, 0.2) is 5.82 Å². The Labute approximate surface area is 114 Å². The zero-order valence-corrected chi connectivity index (χ0v) is 10.3. The van der Waals surface area contributed by atoms with Crippen LogP contribution in [-0.2, 0) is 0 Å². The van der Waals surface area contributed by atoms with Crippen LogP contribution in [0.1, 0.15) is 0 Å². The minimum atomic E-state index is -0.332. The van der Waals surface area contributed by atoms with Crippen molar-refractivity contribution in [3.05, 3.63) is 55.5 Å². The number of carbonyl (C=O) groups is 1. The van der Waals surface area contributed by atoms with Crippen LogP contribution in [0.5, 0.6) is 0 Å². The van der Waals surface area contributed by atoms with Gasteiger partial charge in [-0.05, 0) is 18.2 Å². The second-order valence-corrected chi connectivity index (χ2v) is 3.90. The summed E-state index contributed by atoms with van der Waals surface area (Å²) in [6.45, 7) is 0. The Morgan fingerprint density at radius 1 is 1.05 bits per heavy atom. The van der Waals surface area contributed by atoms with Crippen LogP contribution in [0, 0.1) is 0 Å². The van der Waals surface area contributed by atoms with Gasteiger partial charge in [-0.3, -0.25) is 14.9 Å². The van der Waals surface area contributed by atoms with E-state index in [0.29, 0.717) is 11.6 Å². The molecule has 0 atom stereocenters. The molecule has 3 aromatic heterocycles. The van der Waals surface area contributed by atoms with Crippen molar-refractivity contribution in [1.82, 2.24) is 24.5 Å². The van der Waals surface area contributed by atoms with Crippen LogP contribution in [-0.4, -0.2) is 30.5 Å². The number of anilines is 1. The molecule has 3 rings (SSSR count). The molecule has 0 aliphatic heterocycles. The number of nitrogens with one attached hydrogen (secondary N) is 1. The monoisotopic (exact) mass is 266 g/mol. The highest BCUT2D eigenvalue weighted by molar-refractivity contribution is 5.90. The van der Waals surface area contributed by atoms with E-state index in [1.807, 2.05) is 0 Å². The van der Waals surface area contributed by atoms with E-state index in [-0.39, 0.29) is 6.03 Å². The summed E-state index contributed by atoms with van der Waals surface area (Å²) in [6, 6.07) is 4.90. The number of nitrogens with zero attached hydrogens (tertiary/aromatic N) is 5. The quantitative estimate of drug-likeness (QED) is 0.764. The van der Waals surface area contributed by atoms with Crippen molar-refractivity contribution in [1.29, 1.82) is 0 Å². The van der Waals surface area contributed by atoms with Crippen molar-refractivity contribution in [2.45, 2.75) is 0 Å². The second kappa shape index (κ2) is 5.27. The summed E-state index contributed by atoms with van der Waals surface area (Å²) in [6.07, 6.45) is 9.42. The average Bonchev–Trinajstić information content (AvgIpc) is 3.03. The predicted octanol–water partition coefficient (Wildman–Crippen LogP) is 1.82. The number of rotatable bonds is 2. The van der Waals surface area contributed by atoms with Gasteiger partial charge in [0.2, 0.25) is 0 Å². The number of pyridine rings is 1. The van der Waals surface area contributed by atoms with Gasteiger partial charge in [0.05, 0.1) is 0 Å². The average molecular weight is 266 g/mol. The molecule has 0 aliphatic carbocycles.